The molecule has 0 saturated carbocycles. The smallest absolute Gasteiger partial charge is 0.323 e. The van der Waals surface area contributed by atoms with Crippen molar-refractivity contribution >= 4 is 11.8 Å². The van der Waals surface area contributed by atoms with Gasteiger partial charge in [0, 0.05) is 39.3 Å². The number of likely N-dealkylation sites (N-methyl/N-ethyl adjacent to an activating group) is 1. The van der Waals surface area contributed by atoms with E-state index in [1.165, 1.54) is 0 Å². The molecule has 2 heterocycles. The molecule has 0 atom stereocenters. The maximum atomic E-state index is 11.8. The lowest BCUT2D eigenvalue weighted by Crippen LogP contribution is -2.55. The fraction of sp³-hybridized carbons (Fsp3) is 0.818. The summed E-state index contributed by atoms with van der Waals surface area (Å²) in [7, 11) is 2.05. The summed E-state index contributed by atoms with van der Waals surface area (Å²) in [5.41, 5.74) is 2.69. The fourth-order valence-corrected chi connectivity index (χ4v) is 2.17. The average Bonchev–Trinajstić information content (AvgIpc) is 2.84. The summed E-state index contributed by atoms with van der Waals surface area (Å²) in [6.07, 6.45) is 2.01. The number of likely N-dealkylation sites (tertiary alicyclic amines) is 1. The average molecular weight is 240 g/mol. The first-order chi connectivity index (χ1) is 8.16. The van der Waals surface area contributed by atoms with Crippen LogP contribution in [0, 0.1) is 0 Å². The van der Waals surface area contributed by atoms with E-state index in [0.29, 0.717) is 0 Å². The van der Waals surface area contributed by atoms with Gasteiger partial charge in [-0.2, -0.15) is 0 Å². The molecule has 0 bridgehead atoms. The quantitative estimate of drug-likeness (QED) is 0.590. The van der Waals surface area contributed by atoms with Crippen molar-refractivity contribution < 1.29 is 9.59 Å². The van der Waals surface area contributed by atoms with Crippen molar-refractivity contribution in [3.8, 4) is 0 Å². The maximum Gasteiger partial charge on any atom is 0.323 e. The highest BCUT2D eigenvalue weighted by atomic mass is 16.2. The van der Waals surface area contributed by atoms with Crippen LogP contribution in [0.25, 0.3) is 0 Å². The maximum absolute atomic E-state index is 11.8. The Hall–Kier alpha value is -1.14. The van der Waals surface area contributed by atoms with Gasteiger partial charge in [0.25, 0.3) is 0 Å². The fourth-order valence-electron chi connectivity index (χ4n) is 2.17. The van der Waals surface area contributed by atoms with Crippen LogP contribution in [0.2, 0.25) is 0 Å². The Labute approximate surface area is 101 Å². The number of hydrogen-bond acceptors (Lipinski definition) is 4. The second kappa shape index (κ2) is 5.46. The molecule has 0 aromatic carbocycles. The molecule has 2 saturated heterocycles. The zero-order chi connectivity index (χ0) is 12.3. The Balaban J connectivity index is 1.78. The van der Waals surface area contributed by atoms with E-state index in [1.54, 1.807) is 4.90 Å². The summed E-state index contributed by atoms with van der Waals surface area (Å²) in [5.74, 6) is -0.877. The molecule has 0 aliphatic carbocycles. The van der Waals surface area contributed by atoms with Gasteiger partial charge >= 0.3 is 11.8 Å². The first-order valence-corrected chi connectivity index (χ1v) is 6.20. The minimum atomic E-state index is -0.489. The number of nitrogens with one attached hydrogen (secondary N) is 1. The van der Waals surface area contributed by atoms with E-state index in [2.05, 4.69) is 17.4 Å². The monoisotopic (exact) mass is 240 g/mol. The molecule has 0 aromatic rings. The van der Waals surface area contributed by atoms with Gasteiger partial charge in [-0.05, 0) is 19.9 Å². The number of carbonyl (C=O) groups is 2. The van der Waals surface area contributed by atoms with Crippen LogP contribution in [-0.4, -0.2) is 72.9 Å². The van der Waals surface area contributed by atoms with E-state index >= 15 is 0 Å². The topological polar surface area (TPSA) is 55.9 Å². The number of amides is 2. The van der Waals surface area contributed by atoms with Crippen LogP contribution in [0.4, 0.5) is 0 Å². The second-order valence-electron chi connectivity index (χ2n) is 4.73. The van der Waals surface area contributed by atoms with Crippen LogP contribution >= 0.6 is 0 Å². The van der Waals surface area contributed by atoms with Crippen LogP contribution in [0.3, 0.4) is 0 Å². The Morgan fingerprint density at radius 1 is 0.941 bits per heavy atom. The number of rotatable bonds is 1. The number of hydrazine groups is 1. The molecule has 2 aliphatic heterocycles. The Bertz CT molecular complexity index is 294. The predicted molar refractivity (Wildman–Crippen MR) is 63.0 cm³/mol. The van der Waals surface area contributed by atoms with Gasteiger partial charge in [0.15, 0.2) is 0 Å². The van der Waals surface area contributed by atoms with E-state index in [9.17, 15) is 9.59 Å². The van der Waals surface area contributed by atoms with E-state index in [0.717, 1.165) is 52.1 Å². The van der Waals surface area contributed by atoms with Crippen molar-refractivity contribution in [2.24, 2.45) is 0 Å². The number of hydrogen-bond donors (Lipinski definition) is 1. The molecular weight excluding hydrogens is 220 g/mol. The van der Waals surface area contributed by atoms with E-state index in [1.807, 2.05) is 5.01 Å². The third kappa shape index (κ3) is 3.17. The van der Waals surface area contributed by atoms with Gasteiger partial charge in [0.05, 0.1) is 0 Å². The van der Waals surface area contributed by atoms with Crippen molar-refractivity contribution in [2.45, 2.75) is 12.8 Å². The predicted octanol–water partition coefficient (Wildman–Crippen LogP) is -1.11. The first kappa shape index (κ1) is 12.3. The van der Waals surface area contributed by atoms with Crippen LogP contribution in [-0.2, 0) is 9.59 Å². The van der Waals surface area contributed by atoms with E-state index < -0.39 is 5.91 Å². The first-order valence-electron chi connectivity index (χ1n) is 6.20. The summed E-state index contributed by atoms with van der Waals surface area (Å²) in [5, 5.41) is 1.83. The molecule has 0 radical (unpaired) electrons. The third-order valence-corrected chi connectivity index (χ3v) is 3.35. The van der Waals surface area contributed by atoms with Crippen molar-refractivity contribution in [1.29, 1.82) is 0 Å². The molecule has 2 fully saturated rings. The van der Waals surface area contributed by atoms with Gasteiger partial charge in [-0.3, -0.25) is 15.0 Å². The van der Waals surface area contributed by atoms with Gasteiger partial charge in [0.2, 0.25) is 0 Å². The minimum Gasteiger partial charge on any atom is -0.334 e. The highest BCUT2D eigenvalue weighted by molar-refractivity contribution is 6.34. The second-order valence-corrected chi connectivity index (χ2v) is 4.73. The minimum absolute atomic E-state index is 0.388. The number of piperazine rings is 1. The Morgan fingerprint density at radius 3 is 2.12 bits per heavy atom. The van der Waals surface area contributed by atoms with Crippen LogP contribution in [0.15, 0.2) is 0 Å². The standard InChI is InChI=1S/C11H20N4O2/c1-13-6-8-15(9-7-13)12-10(16)11(17)14-4-2-3-5-14/h2-9H2,1H3,(H,12,16). The molecule has 2 rings (SSSR count). The van der Waals surface area contributed by atoms with Gasteiger partial charge in [-0.25, -0.2) is 5.01 Å². The highest BCUT2D eigenvalue weighted by Crippen LogP contribution is 2.07. The van der Waals surface area contributed by atoms with Gasteiger partial charge < -0.3 is 9.80 Å². The molecule has 2 aliphatic rings. The molecule has 6 nitrogen and oxygen atoms in total. The Morgan fingerprint density at radius 2 is 1.53 bits per heavy atom. The van der Waals surface area contributed by atoms with Crippen molar-refractivity contribution in [2.75, 3.05) is 46.3 Å². The molecule has 1 N–H and O–H groups in total. The largest absolute Gasteiger partial charge is 0.334 e. The SMILES string of the molecule is CN1CCN(NC(=O)C(=O)N2CCCC2)CC1. The normalized spacial score (nSPS) is 22.8. The van der Waals surface area contributed by atoms with E-state index in [4.69, 9.17) is 0 Å². The molecule has 17 heavy (non-hydrogen) atoms. The van der Waals surface area contributed by atoms with E-state index in [-0.39, 0.29) is 5.91 Å². The van der Waals surface area contributed by atoms with Crippen LogP contribution in [0.1, 0.15) is 12.8 Å². The Kier molecular flexibility index (Phi) is 3.96. The zero-order valence-corrected chi connectivity index (χ0v) is 10.3. The lowest BCUT2D eigenvalue weighted by atomic mass is 10.4. The molecular formula is C11H20N4O2. The molecule has 0 spiro atoms. The summed E-state index contributed by atoms with van der Waals surface area (Å²) >= 11 is 0. The van der Waals surface area contributed by atoms with Gasteiger partial charge in [-0.1, -0.05) is 0 Å². The summed E-state index contributed by atoms with van der Waals surface area (Å²) in [4.78, 5) is 27.3. The van der Waals surface area contributed by atoms with Crippen LogP contribution in [0.5, 0.6) is 0 Å². The van der Waals surface area contributed by atoms with Crippen molar-refractivity contribution in [3.05, 3.63) is 0 Å². The lowest BCUT2D eigenvalue weighted by Gasteiger charge is -2.32. The van der Waals surface area contributed by atoms with Crippen molar-refractivity contribution in [1.82, 2.24) is 20.2 Å². The zero-order valence-electron chi connectivity index (χ0n) is 10.3. The summed E-state index contributed by atoms with van der Waals surface area (Å²) < 4.78 is 0. The summed E-state index contributed by atoms with van der Waals surface area (Å²) in [6, 6.07) is 0. The third-order valence-electron chi connectivity index (χ3n) is 3.35. The molecule has 6 heteroatoms. The lowest BCUT2D eigenvalue weighted by molar-refractivity contribution is -0.148. The number of carbonyl (C=O) groups excluding carboxylic acids is 2. The summed E-state index contributed by atoms with van der Waals surface area (Å²) in [6.45, 7) is 4.81. The molecule has 96 valence electrons. The highest BCUT2D eigenvalue weighted by Gasteiger charge is 2.26. The molecule has 0 unspecified atom stereocenters. The number of nitrogens with zero attached hydrogens (tertiary/aromatic N) is 3. The van der Waals surface area contributed by atoms with Crippen molar-refractivity contribution in [3.63, 3.8) is 0 Å². The molecule has 0 aromatic heterocycles. The van der Waals surface area contributed by atoms with Crippen LogP contribution < -0.4 is 5.43 Å². The van der Waals surface area contributed by atoms with Gasteiger partial charge in [0.1, 0.15) is 0 Å². The van der Waals surface area contributed by atoms with Gasteiger partial charge in [-0.15, -0.1) is 0 Å². The molecule has 2 amide bonds.